The predicted octanol–water partition coefficient (Wildman–Crippen LogP) is 4.10. The van der Waals surface area contributed by atoms with Crippen LogP contribution in [0.25, 0.3) is 0 Å². The molecule has 0 spiro atoms. The number of fused-ring (bicyclic) bond motifs is 4. The zero-order valence-corrected chi connectivity index (χ0v) is 25.8. The lowest BCUT2D eigenvalue weighted by Gasteiger charge is -2.10. The fourth-order valence-corrected chi connectivity index (χ4v) is 6.95. The van der Waals surface area contributed by atoms with Crippen LogP contribution in [0.3, 0.4) is 0 Å². The van der Waals surface area contributed by atoms with Gasteiger partial charge in [0.2, 0.25) is 20.0 Å². The van der Waals surface area contributed by atoms with E-state index in [1.165, 1.54) is 24.3 Å². The van der Waals surface area contributed by atoms with Gasteiger partial charge in [0.1, 0.15) is 0 Å². The van der Waals surface area contributed by atoms with Crippen molar-refractivity contribution in [3.63, 3.8) is 0 Å². The molecule has 2 aromatic rings. The van der Waals surface area contributed by atoms with Gasteiger partial charge in [0.15, 0.2) is 0 Å². The average Bonchev–Trinajstić information content (AvgIpc) is 2.98. The van der Waals surface area contributed by atoms with Crippen molar-refractivity contribution in [2.75, 3.05) is 26.2 Å². The Labute approximate surface area is 250 Å². The standard InChI is InChI=1S/C30H44N4O6S2/c35-29-25-15-13-17-27(23-25)41(37,38)33-21-11-7-3-4-8-12-22-34-42(39,40)28-18-14-16-26(24-28)30(36)32-20-10-6-2-1-5-9-19-31-29/h13-18,23-24,33-34H,1-12,19-22H2,(H,31,35)(H,32,36). The van der Waals surface area contributed by atoms with Gasteiger partial charge in [0.25, 0.3) is 11.8 Å². The van der Waals surface area contributed by atoms with Crippen molar-refractivity contribution in [2.45, 2.75) is 86.8 Å². The maximum absolute atomic E-state index is 12.7. The summed E-state index contributed by atoms with van der Waals surface area (Å²) in [5.74, 6) is -0.582. The Morgan fingerprint density at radius 3 is 1.17 bits per heavy atom. The molecule has 0 fully saturated rings. The van der Waals surface area contributed by atoms with Crippen LogP contribution in [0.5, 0.6) is 0 Å². The summed E-state index contributed by atoms with van der Waals surface area (Å²) in [7, 11) is -7.44. The normalized spacial score (nSPS) is 20.9. The van der Waals surface area contributed by atoms with Gasteiger partial charge in [-0.2, -0.15) is 0 Å². The smallest absolute Gasteiger partial charge is 0.251 e. The number of rotatable bonds is 0. The van der Waals surface area contributed by atoms with E-state index in [0.717, 1.165) is 64.2 Å². The van der Waals surface area contributed by atoms with Crippen LogP contribution in [0.4, 0.5) is 0 Å². The number of carbonyl (C=O) groups is 2. The number of nitrogens with one attached hydrogen (secondary N) is 4. The summed E-state index contributed by atoms with van der Waals surface area (Å²) < 4.78 is 56.1. The molecule has 2 amide bonds. The van der Waals surface area contributed by atoms with E-state index < -0.39 is 20.0 Å². The van der Waals surface area contributed by atoms with Crippen molar-refractivity contribution in [2.24, 2.45) is 0 Å². The lowest BCUT2D eigenvalue weighted by molar-refractivity contribution is 0.0944. The molecule has 232 valence electrons. The number of amides is 2. The van der Waals surface area contributed by atoms with Crippen LogP contribution in [0.15, 0.2) is 58.3 Å². The summed E-state index contributed by atoms with van der Waals surface area (Å²) in [5.41, 5.74) is 0.627. The van der Waals surface area contributed by atoms with Crippen LogP contribution in [0, 0.1) is 0 Å². The molecule has 4 N–H and O–H groups in total. The van der Waals surface area contributed by atoms with Gasteiger partial charge in [-0.05, 0) is 62.1 Å². The molecule has 1 heterocycles. The maximum atomic E-state index is 12.7. The van der Waals surface area contributed by atoms with Crippen LogP contribution in [-0.4, -0.2) is 54.8 Å². The lowest BCUT2D eigenvalue weighted by Crippen LogP contribution is -2.27. The fourth-order valence-electron chi connectivity index (χ4n) is 4.71. The van der Waals surface area contributed by atoms with Crippen molar-refractivity contribution in [3.05, 3.63) is 59.7 Å². The van der Waals surface area contributed by atoms with Gasteiger partial charge in [0.05, 0.1) is 9.79 Å². The summed E-state index contributed by atoms with van der Waals surface area (Å²) in [5, 5.41) is 5.74. The molecule has 0 aromatic heterocycles. The number of sulfonamides is 2. The Bertz CT molecular complexity index is 1270. The highest BCUT2D eigenvalue weighted by Gasteiger charge is 2.17. The molecule has 0 saturated heterocycles. The van der Waals surface area contributed by atoms with Crippen LogP contribution in [-0.2, 0) is 20.0 Å². The average molecular weight is 621 g/mol. The largest absolute Gasteiger partial charge is 0.352 e. The van der Waals surface area contributed by atoms with Crippen molar-refractivity contribution in [1.82, 2.24) is 20.1 Å². The first-order valence-electron chi connectivity index (χ1n) is 14.9. The molecule has 4 bridgehead atoms. The van der Waals surface area contributed by atoms with Gasteiger partial charge in [-0.25, -0.2) is 26.3 Å². The van der Waals surface area contributed by atoms with E-state index >= 15 is 0 Å². The van der Waals surface area contributed by atoms with Gasteiger partial charge < -0.3 is 10.6 Å². The van der Waals surface area contributed by atoms with Crippen LogP contribution < -0.4 is 20.1 Å². The van der Waals surface area contributed by atoms with E-state index in [1.807, 2.05) is 0 Å². The molecule has 0 aliphatic carbocycles. The summed E-state index contributed by atoms with van der Waals surface area (Å²) >= 11 is 0. The van der Waals surface area contributed by atoms with E-state index in [1.54, 1.807) is 24.3 Å². The van der Waals surface area contributed by atoms with Gasteiger partial charge >= 0.3 is 0 Å². The van der Waals surface area contributed by atoms with Crippen molar-refractivity contribution in [1.29, 1.82) is 0 Å². The first-order chi connectivity index (χ1) is 20.2. The third-order valence-electron chi connectivity index (χ3n) is 7.18. The minimum Gasteiger partial charge on any atom is -0.352 e. The van der Waals surface area contributed by atoms with E-state index in [9.17, 15) is 26.4 Å². The first kappa shape index (κ1) is 33.7. The van der Waals surface area contributed by atoms with E-state index in [2.05, 4.69) is 20.1 Å². The zero-order chi connectivity index (χ0) is 30.3. The quantitative estimate of drug-likeness (QED) is 0.348. The van der Waals surface area contributed by atoms with Crippen molar-refractivity contribution >= 4 is 31.9 Å². The van der Waals surface area contributed by atoms with Crippen molar-refractivity contribution in [3.8, 4) is 0 Å². The van der Waals surface area contributed by atoms with E-state index in [-0.39, 0.29) is 21.6 Å². The molecule has 0 radical (unpaired) electrons. The van der Waals surface area contributed by atoms with Crippen LogP contribution >= 0.6 is 0 Å². The monoisotopic (exact) mass is 620 g/mol. The van der Waals surface area contributed by atoms with Crippen LogP contribution in [0.1, 0.15) is 97.8 Å². The Morgan fingerprint density at radius 2 is 0.786 bits per heavy atom. The molecular formula is C30H44N4O6S2. The third-order valence-corrected chi connectivity index (χ3v) is 10.1. The number of hydrogen-bond donors (Lipinski definition) is 4. The first-order valence-corrected chi connectivity index (χ1v) is 17.9. The topological polar surface area (TPSA) is 151 Å². The van der Waals surface area contributed by atoms with Gasteiger partial charge in [-0.1, -0.05) is 63.5 Å². The maximum Gasteiger partial charge on any atom is 0.251 e. The minimum atomic E-state index is -3.72. The molecule has 12 heteroatoms. The third kappa shape index (κ3) is 11.5. The van der Waals surface area contributed by atoms with E-state index in [0.29, 0.717) is 50.1 Å². The predicted molar refractivity (Wildman–Crippen MR) is 163 cm³/mol. The SMILES string of the molecule is O=C1NCCCCCCCCNC(=O)c2cccc(c2)S(=O)(=O)NCCCCCCCCNS(=O)(=O)c2cccc1c2. The number of carbonyl (C=O) groups excluding carboxylic acids is 2. The second kappa shape index (κ2) is 17.3. The fraction of sp³-hybridized carbons (Fsp3) is 0.533. The summed E-state index contributed by atoms with van der Waals surface area (Å²) in [4.78, 5) is 25.2. The number of benzene rings is 2. The molecular weight excluding hydrogens is 576 g/mol. The summed E-state index contributed by atoms with van der Waals surface area (Å²) in [6, 6.07) is 12.1. The molecule has 0 atom stereocenters. The molecule has 0 saturated carbocycles. The minimum absolute atomic E-state index is 0.0696. The molecule has 2 aromatic carbocycles. The second-order valence-corrected chi connectivity index (χ2v) is 14.1. The second-order valence-electron chi connectivity index (χ2n) is 10.6. The Balaban J connectivity index is 1.55. The number of hydrogen-bond acceptors (Lipinski definition) is 6. The van der Waals surface area contributed by atoms with Crippen molar-refractivity contribution < 1.29 is 26.4 Å². The Kier molecular flexibility index (Phi) is 13.9. The Hall–Kier alpha value is -2.80. The summed E-state index contributed by atoms with van der Waals surface area (Å²) in [6.07, 6.45) is 10.4. The molecule has 1 aliphatic rings. The van der Waals surface area contributed by atoms with Gasteiger partial charge in [0, 0.05) is 37.3 Å². The highest BCUT2D eigenvalue weighted by atomic mass is 32.2. The lowest BCUT2D eigenvalue weighted by atomic mass is 10.1. The van der Waals surface area contributed by atoms with Crippen LogP contribution in [0.2, 0.25) is 0 Å². The Morgan fingerprint density at radius 1 is 0.452 bits per heavy atom. The highest BCUT2D eigenvalue weighted by Crippen LogP contribution is 2.14. The van der Waals surface area contributed by atoms with Gasteiger partial charge in [-0.15, -0.1) is 0 Å². The zero-order valence-electron chi connectivity index (χ0n) is 24.2. The summed E-state index contributed by atoms with van der Waals surface area (Å²) in [6.45, 7) is 1.62. The van der Waals surface area contributed by atoms with E-state index in [4.69, 9.17) is 0 Å². The highest BCUT2D eigenvalue weighted by molar-refractivity contribution is 7.89. The molecule has 3 rings (SSSR count). The molecule has 0 unspecified atom stereocenters. The molecule has 42 heavy (non-hydrogen) atoms. The van der Waals surface area contributed by atoms with Gasteiger partial charge in [-0.3, -0.25) is 9.59 Å². The molecule has 10 nitrogen and oxygen atoms in total. The molecule has 1 aliphatic heterocycles.